The molecule has 0 saturated carbocycles. The molecule has 3 aliphatic heterocycles. The predicted octanol–water partition coefficient (Wildman–Crippen LogP) is 1.17. The minimum Gasteiger partial charge on any atom is -0.487 e. The number of hydrogen-bond donors (Lipinski definition) is 0. The van der Waals surface area contributed by atoms with Gasteiger partial charge >= 0.3 is 0 Å². The van der Waals surface area contributed by atoms with Gasteiger partial charge in [-0.05, 0) is 45.5 Å². The second-order valence-electron chi connectivity index (χ2n) is 8.49. The number of amides is 1. The van der Waals surface area contributed by atoms with Gasteiger partial charge in [0, 0.05) is 39.2 Å². The van der Waals surface area contributed by atoms with Crippen molar-refractivity contribution in [1.29, 1.82) is 0 Å². The fourth-order valence-corrected chi connectivity index (χ4v) is 6.33. The number of nitrogens with zero attached hydrogens (tertiary/aromatic N) is 3. The number of hydrogen-bond acceptors (Lipinski definition) is 6. The van der Waals surface area contributed by atoms with Gasteiger partial charge in [-0.1, -0.05) is 12.1 Å². The van der Waals surface area contributed by atoms with Crippen molar-refractivity contribution in [3.63, 3.8) is 0 Å². The fraction of sp³-hybridized carbons (Fsp3) is 0.667. The summed E-state index contributed by atoms with van der Waals surface area (Å²) >= 11 is 0. The standard InChI is InChI=1S/C21H31N3O5S/c1-22(2)13-14-24-16-9-11-23(21(25)19-7-5-15-28-19)12-10-17(16)29-18-6-3-4-8-20(18)30(24,26)27/h3-4,6,8,16-17,19H,5,7,9-15H2,1-2H3/t16-,17-,19+/m1/s1. The van der Waals surface area contributed by atoms with Crippen molar-refractivity contribution < 1.29 is 22.7 Å². The molecular weight excluding hydrogens is 406 g/mol. The van der Waals surface area contributed by atoms with E-state index in [1.54, 1.807) is 28.6 Å². The topological polar surface area (TPSA) is 79.4 Å². The molecule has 1 aromatic rings. The molecule has 3 heterocycles. The zero-order valence-electron chi connectivity index (χ0n) is 17.7. The molecule has 3 atom stereocenters. The largest absolute Gasteiger partial charge is 0.487 e. The van der Waals surface area contributed by atoms with Crippen LogP contribution >= 0.6 is 0 Å². The van der Waals surface area contributed by atoms with Crippen LogP contribution in [-0.4, -0.2) is 93.6 Å². The first-order valence-electron chi connectivity index (χ1n) is 10.7. The van der Waals surface area contributed by atoms with Gasteiger partial charge in [-0.2, -0.15) is 4.31 Å². The van der Waals surface area contributed by atoms with Crippen molar-refractivity contribution in [2.75, 3.05) is 46.9 Å². The average Bonchev–Trinajstić information content (AvgIpc) is 3.15. The number of para-hydroxylation sites is 1. The number of ether oxygens (including phenoxy) is 2. The number of benzene rings is 1. The van der Waals surface area contributed by atoms with Crippen molar-refractivity contribution in [3.8, 4) is 5.75 Å². The summed E-state index contributed by atoms with van der Waals surface area (Å²) in [4.78, 5) is 16.9. The maximum Gasteiger partial charge on any atom is 0.251 e. The van der Waals surface area contributed by atoms with Gasteiger partial charge in [0.1, 0.15) is 22.9 Å². The molecule has 1 amide bonds. The monoisotopic (exact) mass is 437 g/mol. The van der Waals surface area contributed by atoms with E-state index in [9.17, 15) is 13.2 Å². The molecule has 0 bridgehead atoms. The highest BCUT2D eigenvalue weighted by atomic mass is 32.2. The maximum absolute atomic E-state index is 13.6. The zero-order chi connectivity index (χ0) is 21.3. The summed E-state index contributed by atoms with van der Waals surface area (Å²) < 4.78 is 40.6. The smallest absolute Gasteiger partial charge is 0.251 e. The quantitative estimate of drug-likeness (QED) is 0.704. The maximum atomic E-state index is 13.6. The summed E-state index contributed by atoms with van der Waals surface area (Å²) in [5.74, 6) is 0.422. The summed E-state index contributed by atoms with van der Waals surface area (Å²) in [7, 11) is 0.163. The van der Waals surface area contributed by atoms with Crippen molar-refractivity contribution in [3.05, 3.63) is 24.3 Å². The fourth-order valence-electron chi connectivity index (χ4n) is 4.54. The van der Waals surface area contributed by atoms with Gasteiger partial charge < -0.3 is 19.3 Å². The Morgan fingerprint density at radius 1 is 1.17 bits per heavy atom. The van der Waals surface area contributed by atoms with Crippen molar-refractivity contribution in [2.24, 2.45) is 0 Å². The van der Waals surface area contributed by atoms with Gasteiger partial charge in [0.05, 0.1) is 6.04 Å². The molecule has 4 rings (SSSR count). The van der Waals surface area contributed by atoms with E-state index in [0.29, 0.717) is 51.4 Å². The van der Waals surface area contributed by atoms with Crippen LogP contribution in [0.5, 0.6) is 5.75 Å². The number of rotatable bonds is 4. The Hall–Kier alpha value is -1.68. The van der Waals surface area contributed by atoms with E-state index in [-0.39, 0.29) is 29.1 Å². The summed E-state index contributed by atoms with van der Waals surface area (Å²) in [6.45, 7) is 2.68. The SMILES string of the molecule is CN(C)CCN1[C@@H]2CCN(C(=O)[C@@H]3CCCO3)CC[C@H]2Oc2ccccc2S1(=O)=O. The first kappa shape index (κ1) is 21.5. The van der Waals surface area contributed by atoms with Gasteiger partial charge in [-0.3, -0.25) is 4.79 Å². The highest BCUT2D eigenvalue weighted by molar-refractivity contribution is 7.89. The minimum absolute atomic E-state index is 0.0204. The predicted molar refractivity (Wildman–Crippen MR) is 112 cm³/mol. The molecule has 0 aliphatic carbocycles. The third kappa shape index (κ3) is 4.21. The third-order valence-electron chi connectivity index (χ3n) is 6.18. The van der Waals surface area contributed by atoms with Gasteiger partial charge in [-0.15, -0.1) is 0 Å². The molecule has 2 fully saturated rings. The van der Waals surface area contributed by atoms with Gasteiger partial charge in [0.15, 0.2) is 0 Å². The first-order valence-corrected chi connectivity index (χ1v) is 12.1. The van der Waals surface area contributed by atoms with Crippen LogP contribution in [0.4, 0.5) is 0 Å². The highest BCUT2D eigenvalue weighted by Crippen LogP contribution is 2.36. The van der Waals surface area contributed by atoms with Crippen molar-refractivity contribution in [2.45, 2.75) is 48.8 Å². The van der Waals surface area contributed by atoms with Crippen LogP contribution in [-0.2, 0) is 19.6 Å². The first-order chi connectivity index (χ1) is 14.4. The normalized spacial score (nSPS) is 28.9. The molecule has 8 nitrogen and oxygen atoms in total. The Kier molecular flexibility index (Phi) is 6.34. The lowest BCUT2D eigenvalue weighted by Crippen LogP contribution is -2.49. The van der Waals surface area contributed by atoms with Crippen LogP contribution in [0.25, 0.3) is 0 Å². The molecule has 2 saturated heterocycles. The molecule has 0 spiro atoms. The van der Waals surface area contributed by atoms with E-state index in [4.69, 9.17) is 9.47 Å². The Labute approximate surface area is 178 Å². The molecule has 0 radical (unpaired) electrons. The van der Waals surface area contributed by atoms with Crippen LogP contribution in [0.2, 0.25) is 0 Å². The minimum atomic E-state index is -3.70. The van der Waals surface area contributed by atoms with Crippen LogP contribution in [0.1, 0.15) is 25.7 Å². The van der Waals surface area contributed by atoms with Crippen molar-refractivity contribution >= 4 is 15.9 Å². The Morgan fingerprint density at radius 2 is 1.93 bits per heavy atom. The van der Waals surface area contributed by atoms with Gasteiger partial charge in [0.2, 0.25) is 10.0 Å². The molecular formula is C21H31N3O5S. The summed E-state index contributed by atoms with van der Waals surface area (Å²) in [6.07, 6.45) is 2.15. The van der Waals surface area contributed by atoms with E-state index in [0.717, 1.165) is 12.8 Å². The lowest BCUT2D eigenvalue weighted by Gasteiger charge is -2.32. The number of fused-ring (bicyclic) bond motifs is 2. The van der Waals surface area contributed by atoms with E-state index < -0.39 is 10.0 Å². The lowest BCUT2D eigenvalue weighted by molar-refractivity contribution is -0.140. The Bertz CT molecular complexity index is 869. The van der Waals surface area contributed by atoms with Gasteiger partial charge in [0.25, 0.3) is 5.91 Å². The number of sulfonamides is 1. The second kappa shape index (κ2) is 8.82. The zero-order valence-corrected chi connectivity index (χ0v) is 18.5. The second-order valence-corrected chi connectivity index (χ2v) is 10.4. The number of likely N-dealkylation sites (N-methyl/N-ethyl adjacent to an activating group) is 1. The molecule has 30 heavy (non-hydrogen) atoms. The number of likely N-dealkylation sites (tertiary alicyclic amines) is 1. The average molecular weight is 438 g/mol. The number of carbonyl (C=O) groups is 1. The number of carbonyl (C=O) groups excluding carboxylic acids is 1. The molecule has 166 valence electrons. The Morgan fingerprint density at radius 3 is 2.67 bits per heavy atom. The van der Waals surface area contributed by atoms with Crippen molar-refractivity contribution in [1.82, 2.24) is 14.1 Å². The summed E-state index contributed by atoms with van der Waals surface area (Å²) in [5, 5.41) is 0. The van der Waals surface area contributed by atoms with Gasteiger partial charge in [-0.25, -0.2) is 8.42 Å². The van der Waals surface area contributed by atoms with E-state index in [1.807, 2.05) is 23.9 Å². The summed E-state index contributed by atoms with van der Waals surface area (Å²) in [5.41, 5.74) is 0. The van der Waals surface area contributed by atoms with Crippen LogP contribution in [0.15, 0.2) is 29.2 Å². The van der Waals surface area contributed by atoms with E-state index >= 15 is 0 Å². The summed E-state index contributed by atoms with van der Waals surface area (Å²) in [6, 6.07) is 6.55. The third-order valence-corrected chi connectivity index (χ3v) is 8.14. The molecule has 1 aromatic carbocycles. The molecule has 0 unspecified atom stereocenters. The molecule has 0 N–H and O–H groups in total. The van der Waals surface area contributed by atoms with E-state index in [2.05, 4.69) is 0 Å². The Balaban J connectivity index is 1.62. The lowest BCUT2D eigenvalue weighted by atomic mass is 10.1. The van der Waals surface area contributed by atoms with Crippen LogP contribution in [0.3, 0.4) is 0 Å². The molecule has 9 heteroatoms. The van der Waals surface area contributed by atoms with E-state index in [1.165, 1.54) is 0 Å². The van der Waals surface area contributed by atoms with Crippen LogP contribution in [0, 0.1) is 0 Å². The molecule has 3 aliphatic rings. The van der Waals surface area contributed by atoms with Crippen LogP contribution < -0.4 is 4.74 Å². The molecule has 0 aromatic heterocycles. The highest BCUT2D eigenvalue weighted by Gasteiger charge is 2.44.